The Bertz CT molecular complexity index is 1220. The molecular formula is C26H26N4O4. The van der Waals surface area contributed by atoms with Crippen LogP contribution in [0.2, 0.25) is 0 Å². The van der Waals surface area contributed by atoms with Crippen molar-refractivity contribution < 1.29 is 19.1 Å². The smallest absolute Gasteiger partial charge is 0.407 e. The van der Waals surface area contributed by atoms with Crippen LogP contribution in [0.3, 0.4) is 0 Å². The van der Waals surface area contributed by atoms with Gasteiger partial charge in [-0.15, -0.1) is 0 Å². The SMILES string of the molecule is COc1ccc(-c2ccc(C(c3cn[nH]c3-c3ccco3)N3CCN(C(=O)O)CC3)cc2)cc1. The molecule has 1 atom stereocenters. The van der Waals surface area contributed by atoms with Crippen LogP contribution >= 0.6 is 0 Å². The van der Waals surface area contributed by atoms with Crippen molar-refractivity contribution in [2.75, 3.05) is 33.3 Å². The number of H-pyrrole nitrogens is 1. The number of methoxy groups -OCH3 is 1. The van der Waals surface area contributed by atoms with Crippen LogP contribution < -0.4 is 4.74 Å². The van der Waals surface area contributed by atoms with Gasteiger partial charge in [-0.1, -0.05) is 36.4 Å². The van der Waals surface area contributed by atoms with Crippen molar-refractivity contribution in [1.82, 2.24) is 20.0 Å². The molecule has 34 heavy (non-hydrogen) atoms. The molecule has 2 N–H and O–H groups in total. The second kappa shape index (κ2) is 9.44. The number of nitrogens with zero attached hydrogens (tertiary/aromatic N) is 3. The van der Waals surface area contributed by atoms with Crippen LogP contribution in [0.4, 0.5) is 4.79 Å². The molecule has 1 aliphatic rings. The second-order valence-electron chi connectivity index (χ2n) is 8.24. The first-order chi connectivity index (χ1) is 16.6. The molecule has 0 radical (unpaired) electrons. The lowest BCUT2D eigenvalue weighted by molar-refractivity contribution is 0.0933. The fraction of sp³-hybridized carbons (Fsp3) is 0.231. The summed E-state index contributed by atoms with van der Waals surface area (Å²) in [6.07, 6.45) is 2.60. The summed E-state index contributed by atoms with van der Waals surface area (Å²) in [7, 11) is 1.66. The van der Waals surface area contributed by atoms with Crippen LogP contribution in [-0.4, -0.2) is 64.5 Å². The van der Waals surface area contributed by atoms with Crippen LogP contribution in [0.1, 0.15) is 17.2 Å². The van der Waals surface area contributed by atoms with Gasteiger partial charge >= 0.3 is 6.09 Å². The van der Waals surface area contributed by atoms with Crippen molar-refractivity contribution in [1.29, 1.82) is 0 Å². The third kappa shape index (κ3) is 4.27. The van der Waals surface area contributed by atoms with E-state index in [-0.39, 0.29) is 6.04 Å². The molecule has 3 heterocycles. The number of aromatic amines is 1. The number of ether oxygens (including phenoxy) is 1. The monoisotopic (exact) mass is 458 g/mol. The van der Waals surface area contributed by atoms with Gasteiger partial charge in [-0.2, -0.15) is 5.10 Å². The van der Waals surface area contributed by atoms with E-state index < -0.39 is 6.09 Å². The molecule has 5 rings (SSSR count). The predicted octanol–water partition coefficient (Wildman–Crippen LogP) is 4.73. The van der Waals surface area contributed by atoms with Gasteiger partial charge in [0, 0.05) is 31.7 Å². The maximum atomic E-state index is 11.4. The Hall–Kier alpha value is -4.04. The number of hydrogen-bond donors (Lipinski definition) is 2. The van der Waals surface area contributed by atoms with E-state index in [0.29, 0.717) is 26.2 Å². The van der Waals surface area contributed by atoms with Gasteiger partial charge in [0.1, 0.15) is 11.4 Å². The number of hydrogen-bond acceptors (Lipinski definition) is 5. The number of piperazine rings is 1. The molecule has 174 valence electrons. The molecule has 1 unspecified atom stereocenters. The Labute approximate surface area is 197 Å². The molecule has 0 spiro atoms. The van der Waals surface area contributed by atoms with Gasteiger partial charge in [-0.3, -0.25) is 10.00 Å². The molecule has 2 aromatic carbocycles. The summed E-state index contributed by atoms with van der Waals surface area (Å²) in [5, 5.41) is 16.8. The normalized spacial score (nSPS) is 15.3. The third-order valence-corrected chi connectivity index (χ3v) is 6.33. The van der Waals surface area contributed by atoms with Crippen molar-refractivity contribution >= 4 is 6.09 Å². The van der Waals surface area contributed by atoms with Gasteiger partial charge in [0.25, 0.3) is 0 Å². The molecule has 8 nitrogen and oxygen atoms in total. The Kier molecular flexibility index (Phi) is 6.05. The highest BCUT2D eigenvalue weighted by Gasteiger charge is 2.31. The Morgan fingerprint density at radius 3 is 2.29 bits per heavy atom. The molecular weight excluding hydrogens is 432 g/mol. The summed E-state index contributed by atoms with van der Waals surface area (Å²) in [5.41, 5.74) is 5.15. The largest absolute Gasteiger partial charge is 0.497 e. The maximum Gasteiger partial charge on any atom is 0.407 e. The number of rotatable bonds is 6. The van der Waals surface area contributed by atoms with E-state index in [4.69, 9.17) is 9.15 Å². The first-order valence-corrected chi connectivity index (χ1v) is 11.2. The Morgan fingerprint density at radius 1 is 1.03 bits per heavy atom. The minimum absolute atomic E-state index is 0.0975. The lowest BCUT2D eigenvalue weighted by Gasteiger charge is -2.38. The van der Waals surface area contributed by atoms with E-state index in [1.165, 1.54) is 4.90 Å². The van der Waals surface area contributed by atoms with E-state index >= 15 is 0 Å². The second-order valence-corrected chi connectivity index (χ2v) is 8.24. The highest BCUT2D eigenvalue weighted by molar-refractivity contribution is 5.66. The third-order valence-electron chi connectivity index (χ3n) is 6.33. The highest BCUT2D eigenvalue weighted by atomic mass is 16.5. The van der Waals surface area contributed by atoms with Crippen LogP contribution in [0, 0.1) is 0 Å². The van der Waals surface area contributed by atoms with Crippen molar-refractivity contribution in [3.8, 4) is 28.3 Å². The zero-order valence-electron chi connectivity index (χ0n) is 18.8. The number of aromatic nitrogens is 2. The van der Waals surface area contributed by atoms with Crippen LogP contribution in [0.5, 0.6) is 5.75 Å². The molecule has 4 aromatic rings. The van der Waals surface area contributed by atoms with Crippen molar-refractivity contribution in [2.24, 2.45) is 0 Å². The minimum Gasteiger partial charge on any atom is -0.497 e. The Balaban J connectivity index is 1.49. The fourth-order valence-corrected chi connectivity index (χ4v) is 4.52. The van der Waals surface area contributed by atoms with Crippen molar-refractivity contribution in [3.63, 3.8) is 0 Å². The molecule has 2 aromatic heterocycles. The molecule has 1 amide bonds. The zero-order valence-corrected chi connectivity index (χ0v) is 18.8. The van der Waals surface area contributed by atoms with Crippen LogP contribution in [0.25, 0.3) is 22.6 Å². The van der Waals surface area contributed by atoms with E-state index in [0.717, 1.165) is 39.5 Å². The summed E-state index contributed by atoms with van der Waals surface area (Å²) >= 11 is 0. The summed E-state index contributed by atoms with van der Waals surface area (Å²) in [6.45, 7) is 2.17. The summed E-state index contributed by atoms with van der Waals surface area (Å²) in [5.74, 6) is 1.54. The molecule has 1 fully saturated rings. The topological polar surface area (TPSA) is 94.8 Å². The lowest BCUT2D eigenvalue weighted by atomic mass is 9.94. The summed E-state index contributed by atoms with van der Waals surface area (Å²) in [4.78, 5) is 15.2. The van der Waals surface area contributed by atoms with Gasteiger partial charge in [0.15, 0.2) is 5.76 Å². The van der Waals surface area contributed by atoms with E-state index in [2.05, 4.69) is 39.4 Å². The Morgan fingerprint density at radius 2 is 1.71 bits per heavy atom. The quantitative estimate of drug-likeness (QED) is 0.434. The number of carboxylic acid groups (broad SMARTS) is 1. The minimum atomic E-state index is -0.875. The maximum absolute atomic E-state index is 11.4. The van der Waals surface area contributed by atoms with Crippen molar-refractivity contribution in [3.05, 3.63) is 84.3 Å². The number of amides is 1. The van der Waals surface area contributed by atoms with Gasteiger partial charge in [0.05, 0.1) is 25.6 Å². The highest BCUT2D eigenvalue weighted by Crippen LogP contribution is 2.36. The van der Waals surface area contributed by atoms with E-state index in [1.54, 1.807) is 13.4 Å². The molecule has 0 bridgehead atoms. The molecule has 0 aliphatic carbocycles. The molecule has 0 saturated carbocycles. The first kappa shape index (κ1) is 21.8. The molecule has 8 heteroatoms. The molecule has 1 saturated heterocycles. The molecule has 1 aliphatic heterocycles. The van der Waals surface area contributed by atoms with Crippen LogP contribution in [-0.2, 0) is 0 Å². The number of carbonyl (C=O) groups is 1. The standard InChI is InChI=1S/C26H26N4O4/c1-33-21-10-8-19(9-11-21)18-4-6-20(7-5-18)25(29-12-14-30(15-13-29)26(31)32)22-17-27-28-24(22)23-3-2-16-34-23/h2-11,16-17,25H,12-15H2,1H3,(H,27,28)(H,31,32). The van der Waals surface area contributed by atoms with Gasteiger partial charge in [0.2, 0.25) is 0 Å². The average Bonchev–Trinajstić information content (AvgIpc) is 3.57. The van der Waals surface area contributed by atoms with E-state index in [1.807, 2.05) is 42.6 Å². The fourth-order valence-electron chi connectivity index (χ4n) is 4.52. The van der Waals surface area contributed by atoms with Crippen LogP contribution in [0.15, 0.2) is 77.5 Å². The predicted molar refractivity (Wildman–Crippen MR) is 128 cm³/mol. The van der Waals surface area contributed by atoms with Crippen molar-refractivity contribution in [2.45, 2.75) is 6.04 Å². The zero-order chi connectivity index (χ0) is 23.5. The first-order valence-electron chi connectivity index (χ1n) is 11.2. The number of nitrogens with one attached hydrogen (secondary N) is 1. The van der Waals surface area contributed by atoms with E-state index in [9.17, 15) is 9.90 Å². The van der Waals surface area contributed by atoms with Gasteiger partial charge in [-0.05, 0) is 41.0 Å². The van der Waals surface area contributed by atoms with Gasteiger partial charge < -0.3 is 19.2 Å². The lowest BCUT2D eigenvalue weighted by Crippen LogP contribution is -2.49. The average molecular weight is 459 g/mol. The summed E-state index contributed by atoms with van der Waals surface area (Å²) in [6, 6.07) is 20.1. The van der Waals surface area contributed by atoms with Gasteiger partial charge in [-0.25, -0.2) is 4.79 Å². The number of furan rings is 1. The number of benzene rings is 2. The summed E-state index contributed by atoms with van der Waals surface area (Å²) < 4.78 is 10.9.